The van der Waals surface area contributed by atoms with Gasteiger partial charge in [0.25, 0.3) is 0 Å². The van der Waals surface area contributed by atoms with Crippen molar-refractivity contribution in [1.29, 1.82) is 0 Å². The van der Waals surface area contributed by atoms with Gasteiger partial charge in [-0.05, 0) is 13.1 Å². The zero-order chi connectivity index (χ0) is 10.8. The van der Waals surface area contributed by atoms with E-state index in [9.17, 15) is 9.90 Å². The molecule has 0 aliphatic rings. The number of likely N-dealkylation sites (N-methyl/N-ethyl adjacent to an activating group) is 1. The van der Waals surface area contributed by atoms with E-state index in [1.807, 2.05) is 0 Å². The van der Waals surface area contributed by atoms with Gasteiger partial charge in [-0.15, -0.1) is 0 Å². The van der Waals surface area contributed by atoms with Crippen molar-refractivity contribution in [2.45, 2.75) is 6.10 Å². The van der Waals surface area contributed by atoms with Gasteiger partial charge >= 0.3 is 5.76 Å². The monoisotopic (exact) mass is 208 g/mol. The summed E-state index contributed by atoms with van der Waals surface area (Å²) in [4.78, 5) is 13.6. The molecule has 5 nitrogen and oxygen atoms in total. The van der Waals surface area contributed by atoms with E-state index in [0.717, 1.165) is 0 Å². The van der Waals surface area contributed by atoms with Gasteiger partial charge in [-0.25, -0.2) is 4.79 Å². The number of nitrogens with one attached hydrogen (secondary N) is 2. The molecule has 1 aromatic heterocycles. The van der Waals surface area contributed by atoms with Crippen LogP contribution >= 0.6 is 0 Å². The van der Waals surface area contributed by atoms with E-state index in [2.05, 4.69) is 10.3 Å². The highest BCUT2D eigenvalue weighted by molar-refractivity contribution is 5.76. The molecule has 2 rings (SSSR count). The summed E-state index contributed by atoms with van der Waals surface area (Å²) in [5.74, 6) is -0.505. The molecule has 1 unspecified atom stereocenters. The third-order valence-electron chi connectivity index (χ3n) is 2.24. The van der Waals surface area contributed by atoms with Gasteiger partial charge in [-0.1, -0.05) is 12.1 Å². The molecule has 15 heavy (non-hydrogen) atoms. The molecule has 1 heterocycles. The number of aliphatic hydroxyl groups excluding tert-OH is 1. The lowest BCUT2D eigenvalue weighted by molar-refractivity contribution is 0.179. The first-order valence-electron chi connectivity index (χ1n) is 4.67. The number of oxazole rings is 1. The molecule has 0 bridgehead atoms. The molecule has 0 amide bonds. The third kappa shape index (κ3) is 1.79. The standard InChI is InChI=1S/C10H12N2O3/c1-11-5-7(13)6-3-2-4-8-9(6)12-10(14)15-8/h2-4,7,11,13H,5H2,1H3,(H,12,14). The second-order valence-electron chi connectivity index (χ2n) is 3.31. The quantitative estimate of drug-likeness (QED) is 0.681. The minimum Gasteiger partial charge on any atom is -0.408 e. The fourth-order valence-electron chi connectivity index (χ4n) is 1.58. The Labute approximate surface area is 85.7 Å². The number of hydrogen-bond donors (Lipinski definition) is 3. The fraction of sp³-hybridized carbons (Fsp3) is 0.300. The first-order chi connectivity index (χ1) is 7.22. The van der Waals surface area contributed by atoms with Crippen molar-refractivity contribution in [3.63, 3.8) is 0 Å². The van der Waals surface area contributed by atoms with Crippen molar-refractivity contribution < 1.29 is 9.52 Å². The summed E-state index contributed by atoms with van der Waals surface area (Å²) in [6.45, 7) is 0.423. The minimum absolute atomic E-state index is 0.423. The third-order valence-corrected chi connectivity index (χ3v) is 2.24. The van der Waals surface area contributed by atoms with Gasteiger partial charge in [-0.2, -0.15) is 0 Å². The highest BCUT2D eigenvalue weighted by atomic mass is 16.4. The van der Waals surface area contributed by atoms with Crippen molar-refractivity contribution in [2.75, 3.05) is 13.6 Å². The van der Waals surface area contributed by atoms with E-state index in [-0.39, 0.29) is 0 Å². The summed E-state index contributed by atoms with van der Waals surface area (Å²) in [5, 5.41) is 12.7. The molecule has 1 atom stereocenters. The van der Waals surface area contributed by atoms with Gasteiger partial charge in [0.15, 0.2) is 5.58 Å². The van der Waals surface area contributed by atoms with Gasteiger partial charge in [-0.3, -0.25) is 4.98 Å². The van der Waals surface area contributed by atoms with Crippen LogP contribution in [0, 0.1) is 0 Å². The smallest absolute Gasteiger partial charge is 0.408 e. The van der Waals surface area contributed by atoms with Crippen LogP contribution in [-0.2, 0) is 0 Å². The molecule has 1 aromatic carbocycles. The predicted molar refractivity (Wildman–Crippen MR) is 55.7 cm³/mol. The van der Waals surface area contributed by atoms with Crippen LogP contribution in [0.25, 0.3) is 11.1 Å². The predicted octanol–water partition coefficient (Wildman–Crippen LogP) is 0.374. The zero-order valence-corrected chi connectivity index (χ0v) is 8.28. The molecule has 0 spiro atoms. The molecular formula is C10H12N2O3. The number of para-hydroxylation sites is 1. The van der Waals surface area contributed by atoms with Gasteiger partial charge in [0, 0.05) is 12.1 Å². The van der Waals surface area contributed by atoms with E-state index in [4.69, 9.17) is 4.42 Å². The Morgan fingerprint density at radius 1 is 1.60 bits per heavy atom. The molecule has 0 saturated carbocycles. The van der Waals surface area contributed by atoms with Gasteiger partial charge in [0.2, 0.25) is 0 Å². The van der Waals surface area contributed by atoms with Crippen LogP contribution in [0.1, 0.15) is 11.7 Å². The summed E-state index contributed by atoms with van der Waals surface area (Å²) >= 11 is 0. The van der Waals surface area contributed by atoms with Crippen LogP contribution in [0.4, 0.5) is 0 Å². The molecule has 0 aliphatic heterocycles. The van der Waals surface area contributed by atoms with Crippen molar-refractivity contribution >= 4 is 11.1 Å². The van der Waals surface area contributed by atoms with Crippen LogP contribution in [0.5, 0.6) is 0 Å². The molecular weight excluding hydrogens is 196 g/mol. The van der Waals surface area contributed by atoms with E-state index >= 15 is 0 Å². The normalized spacial score (nSPS) is 13.2. The number of aliphatic hydroxyl groups is 1. The van der Waals surface area contributed by atoms with E-state index in [1.54, 1.807) is 25.2 Å². The number of benzene rings is 1. The number of aromatic nitrogens is 1. The average Bonchev–Trinajstić information content (AvgIpc) is 2.57. The maximum absolute atomic E-state index is 11.0. The van der Waals surface area contributed by atoms with Gasteiger partial charge < -0.3 is 14.8 Å². The Kier molecular flexibility index (Phi) is 2.57. The van der Waals surface area contributed by atoms with Gasteiger partial charge in [0.05, 0.1) is 11.6 Å². The lowest BCUT2D eigenvalue weighted by atomic mass is 10.1. The molecule has 80 valence electrons. The van der Waals surface area contributed by atoms with Crippen LogP contribution in [0.2, 0.25) is 0 Å². The van der Waals surface area contributed by atoms with E-state index in [1.165, 1.54) is 0 Å². The van der Waals surface area contributed by atoms with E-state index in [0.29, 0.717) is 23.2 Å². The SMILES string of the molecule is CNCC(O)c1cccc2oc(=O)[nH]c12. The first-order valence-corrected chi connectivity index (χ1v) is 4.67. The summed E-state index contributed by atoms with van der Waals surface area (Å²) in [6, 6.07) is 5.19. The highest BCUT2D eigenvalue weighted by Gasteiger charge is 2.12. The first kappa shape index (κ1) is 9.95. The molecule has 5 heteroatoms. The molecule has 3 N–H and O–H groups in total. The van der Waals surface area contributed by atoms with Crippen LogP contribution in [0.3, 0.4) is 0 Å². The second kappa shape index (κ2) is 3.88. The van der Waals surface area contributed by atoms with Crippen LogP contribution in [0.15, 0.2) is 27.4 Å². The Hall–Kier alpha value is -1.59. The number of hydrogen-bond acceptors (Lipinski definition) is 4. The molecule has 0 aliphatic carbocycles. The van der Waals surface area contributed by atoms with Crippen molar-refractivity contribution in [1.82, 2.24) is 10.3 Å². The topological polar surface area (TPSA) is 78.3 Å². The summed E-state index contributed by atoms with van der Waals surface area (Å²) in [5.41, 5.74) is 1.69. The Balaban J connectivity index is 2.54. The van der Waals surface area contributed by atoms with Gasteiger partial charge in [0.1, 0.15) is 0 Å². The summed E-state index contributed by atoms with van der Waals surface area (Å²) < 4.78 is 4.89. The van der Waals surface area contributed by atoms with Crippen LogP contribution < -0.4 is 11.1 Å². The minimum atomic E-state index is -0.660. The molecule has 0 fully saturated rings. The highest BCUT2D eigenvalue weighted by Crippen LogP contribution is 2.21. The maximum atomic E-state index is 11.0. The maximum Gasteiger partial charge on any atom is 0.417 e. The molecule has 2 aromatic rings. The van der Waals surface area contributed by atoms with Crippen molar-refractivity contribution in [3.05, 3.63) is 34.3 Å². The van der Waals surface area contributed by atoms with Crippen LogP contribution in [-0.4, -0.2) is 23.7 Å². The summed E-state index contributed by atoms with van der Waals surface area (Å²) in [6.07, 6.45) is -0.660. The Morgan fingerprint density at radius 2 is 2.40 bits per heavy atom. The Morgan fingerprint density at radius 3 is 3.13 bits per heavy atom. The number of rotatable bonds is 3. The summed E-state index contributed by atoms with van der Waals surface area (Å²) in [7, 11) is 1.75. The average molecular weight is 208 g/mol. The van der Waals surface area contributed by atoms with Crippen molar-refractivity contribution in [2.24, 2.45) is 0 Å². The lowest BCUT2D eigenvalue weighted by Crippen LogP contribution is -2.17. The number of aromatic amines is 1. The molecule has 0 saturated heterocycles. The Bertz CT molecular complexity index is 515. The van der Waals surface area contributed by atoms with Crippen molar-refractivity contribution in [3.8, 4) is 0 Å². The zero-order valence-electron chi connectivity index (χ0n) is 8.28. The number of fused-ring (bicyclic) bond motifs is 1. The fourth-order valence-corrected chi connectivity index (χ4v) is 1.58. The largest absolute Gasteiger partial charge is 0.417 e. The number of H-pyrrole nitrogens is 1. The molecule has 0 radical (unpaired) electrons. The second-order valence-corrected chi connectivity index (χ2v) is 3.31. The van der Waals surface area contributed by atoms with E-state index < -0.39 is 11.9 Å². The lowest BCUT2D eigenvalue weighted by Gasteiger charge is -2.10.